The van der Waals surface area contributed by atoms with E-state index in [1.165, 1.54) is 0 Å². The monoisotopic (exact) mass is 302 g/mol. The van der Waals surface area contributed by atoms with Gasteiger partial charge in [-0.2, -0.15) is 0 Å². The molecule has 0 saturated carbocycles. The first kappa shape index (κ1) is 16.6. The van der Waals surface area contributed by atoms with Gasteiger partial charge in [0, 0.05) is 36.8 Å². The molecule has 1 aliphatic rings. The number of rotatable bonds is 4. The minimum atomic E-state index is 0.502. The van der Waals surface area contributed by atoms with Crippen LogP contribution in [0.15, 0.2) is 35.0 Å². The summed E-state index contributed by atoms with van der Waals surface area (Å²) in [6.07, 6.45) is 3.87. The molecule has 0 aliphatic carbocycles. The third-order valence-electron chi connectivity index (χ3n) is 3.77. The molecule has 1 rings (SSSR count). The van der Waals surface area contributed by atoms with Crippen molar-refractivity contribution in [3.8, 4) is 0 Å². The molecule has 1 heterocycles. The number of nitrogens with zero attached hydrogens (tertiary/aromatic N) is 2. The van der Waals surface area contributed by atoms with Crippen molar-refractivity contribution in [2.24, 2.45) is 0 Å². The van der Waals surface area contributed by atoms with Crippen LogP contribution in [0.2, 0.25) is 0 Å². The quantitative estimate of drug-likeness (QED) is 0.575. The summed E-state index contributed by atoms with van der Waals surface area (Å²) < 4.78 is 0. The Bertz CT molecular complexity index is 376. The number of halogens is 2. The zero-order valence-electron chi connectivity index (χ0n) is 12.3. The summed E-state index contributed by atoms with van der Waals surface area (Å²) in [5, 5.41) is 0.697. The second-order valence-electron chi connectivity index (χ2n) is 5.31. The van der Waals surface area contributed by atoms with E-state index in [2.05, 4.69) is 37.3 Å². The smallest absolute Gasteiger partial charge is 0.0635 e. The summed E-state index contributed by atoms with van der Waals surface area (Å²) in [4.78, 5) is 4.65. The highest BCUT2D eigenvalue weighted by molar-refractivity contribution is 6.32. The van der Waals surface area contributed by atoms with E-state index in [4.69, 9.17) is 23.2 Å². The predicted molar refractivity (Wildman–Crippen MR) is 85.8 cm³/mol. The molecule has 0 aromatic heterocycles. The van der Waals surface area contributed by atoms with Crippen LogP contribution < -0.4 is 0 Å². The SMILES string of the molecule is C=C(/C(Cl)=C\C(C)=C/CCl)N1CC(C)N(C)C(C)C1. The molecule has 0 aromatic carbocycles. The van der Waals surface area contributed by atoms with E-state index in [-0.39, 0.29) is 0 Å². The fourth-order valence-electron chi connectivity index (χ4n) is 2.24. The zero-order chi connectivity index (χ0) is 14.6. The Hall–Kier alpha value is -0.440. The standard InChI is InChI=1S/C15H24Cl2N2/c1-11(6-7-16)8-15(17)14(4)19-9-12(2)18(5)13(3)10-19/h6,8,12-13H,4,7,9-10H2,1-3,5H3/b11-6-,15-8+. The van der Waals surface area contributed by atoms with Crippen LogP contribution in [0.3, 0.4) is 0 Å². The van der Waals surface area contributed by atoms with E-state index in [0.29, 0.717) is 23.0 Å². The molecule has 19 heavy (non-hydrogen) atoms. The largest absolute Gasteiger partial charge is 0.368 e. The Morgan fingerprint density at radius 3 is 2.32 bits per heavy atom. The molecule has 4 heteroatoms. The average molecular weight is 303 g/mol. The molecular formula is C15H24Cl2N2. The van der Waals surface area contributed by atoms with Gasteiger partial charge in [-0.25, -0.2) is 0 Å². The molecule has 0 bridgehead atoms. The molecule has 1 fully saturated rings. The second-order valence-corrected chi connectivity index (χ2v) is 6.03. The van der Waals surface area contributed by atoms with Crippen LogP contribution in [-0.4, -0.2) is 47.9 Å². The van der Waals surface area contributed by atoms with E-state index < -0.39 is 0 Å². The van der Waals surface area contributed by atoms with Crippen LogP contribution in [0, 0.1) is 0 Å². The number of allylic oxidation sites excluding steroid dienone is 4. The highest BCUT2D eigenvalue weighted by Crippen LogP contribution is 2.24. The van der Waals surface area contributed by atoms with Gasteiger partial charge in [0.2, 0.25) is 0 Å². The number of hydrogen-bond acceptors (Lipinski definition) is 2. The maximum absolute atomic E-state index is 6.35. The fraction of sp³-hybridized carbons (Fsp3) is 0.600. The van der Waals surface area contributed by atoms with Crippen LogP contribution in [-0.2, 0) is 0 Å². The van der Waals surface area contributed by atoms with Crippen LogP contribution in [0.25, 0.3) is 0 Å². The molecule has 0 aromatic rings. The lowest BCUT2D eigenvalue weighted by molar-refractivity contribution is 0.0825. The first-order valence-corrected chi connectivity index (χ1v) is 7.54. The lowest BCUT2D eigenvalue weighted by Crippen LogP contribution is -2.54. The third-order valence-corrected chi connectivity index (χ3v) is 4.25. The van der Waals surface area contributed by atoms with Crippen molar-refractivity contribution in [1.29, 1.82) is 0 Å². The van der Waals surface area contributed by atoms with E-state index in [9.17, 15) is 0 Å². The summed E-state index contributed by atoms with van der Waals surface area (Å²) in [5.41, 5.74) is 1.96. The maximum Gasteiger partial charge on any atom is 0.0635 e. The molecule has 2 atom stereocenters. The minimum absolute atomic E-state index is 0.502. The Morgan fingerprint density at radius 2 is 1.84 bits per heavy atom. The van der Waals surface area contributed by atoms with Crippen molar-refractivity contribution in [3.63, 3.8) is 0 Å². The molecule has 1 aliphatic heterocycles. The predicted octanol–water partition coefficient (Wildman–Crippen LogP) is 3.83. The normalized spacial score (nSPS) is 26.7. The average Bonchev–Trinajstić information content (AvgIpc) is 2.34. The van der Waals surface area contributed by atoms with Crippen molar-refractivity contribution in [1.82, 2.24) is 9.80 Å². The highest BCUT2D eigenvalue weighted by Gasteiger charge is 2.27. The lowest BCUT2D eigenvalue weighted by atomic mass is 10.1. The molecule has 0 spiro atoms. The first-order chi connectivity index (χ1) is 8.86. The van der Waals surface area contributed by atoms with Gasteiger partial charge < -0.3 is 4.90 Å². The van der Waals surface area contributed by atoms with E-state index in [0.717, 1.165) is 24.4 Å². The number of likely N-dealkylation sites (N-methyl/N-ethyl adjacent to an activating group) is 1. The number of alkyl halides is 1. The molecule has 108 valence electrons. The topological polar surface area (TPSA) is 6.48 Å². The molecule has 2 nitrogen and oxygen atoms in total. The van der Waals surface area contributed by atoms with Gasteiger partial charge in [0.05, 0.1) is 5.03 Å². The van der Waals surface area contributed by atoms with Crippen LogP contribution in [0.5, 0.6) is 0 Å². The Labute approximate surface area is 127 Å². The fourth-order valence-corrected chi connectivity index (χ4v) is 2.77. The molecule has 0 radical (unpaired) electrons. The van der Waals surface area contributed by atoms with E-state index in [1.807, 2.05) is 19.1 Å². The third kappa shape index (κ3) is 4.55. The van der Waals surface area contributed by atoms with E-state index >= 15 is 0 Å². The van der Waals surface area contributed by atoms with Gasteiger partial charge in [0.1, 0.15) is 0 Å². The summed E-state index contributed by atoms with van der Waals surface area (Å²) in [7, 11) is 2.17. The number of piperazine rings is 1. The number of hydrogen-bond donors (Lipinski definition) is 0. The molecule has 0 N–H and O–H groups in total. The first-order valence-electron chi connectivity index (χ1n) is 6.62. The second kappa shape index (κ2) is 7.37. The summed E-state index contributed by atoms with van der Waals surface area (Å²) in [6.45, 7) is 12.5. The summed E-state index contributed by atoms with van der Waals surface area (Å²) >= 11 is 12.0. The minimum Gasteiger partial charge on any atom is -0.368 e. The lowest BCUT2D eigenvalue weighted by Gasteiger charge is -2.44. The highest BCUT2D eigenvalue weighted by atomic mass is 35.5. The van der Waals surface area contributed by atoms with Crippen molar-refractivity contribution in [2.75, 3.05) is 26.0 Å². The molecule has 1 saturated heterocycles. The van der Waals surface area contributed by atoms with Crippen molar-refractivity contribution in [3.05, 3.63) is 35.0 Å². The van der Waals surface area contributed by atoms with Gasteiger partial charge in [-0.15, -0.1) is 11.6 Å². The Kier molecular flexibility index (Phi) is 6.45. The van der Waals surface area contributed by atoms with Gasteiger partial charge in [-0.05, 0) is 33.9 Å². The van der Waals surface area contributed by atoms with Crippen LogP contribution in [0.4, 0.5) is 0 Å². The van der Waals surface area contributed by atoms with Crippen LogP contribution >= 0.6 is 23.2 Å². The summed E-state index contributed by atoms with van der Waals surface area (Å²) in [6, 6.07) is 1.01. The Morgan fingerprint density at radius 1 is 1.32 bits per heavy atom. The maximum atomic E-state index is 6.35. The van der Waals surface area contributed by atoms with Gasteiger partial charge >= 0.3 is 0 Å². The Balaban J connectivity index is 2.75. The van der Waals surface area contributed by atoms with Crippen LogP contribution in [0.1, 0.15) is 20.8 Å². The van der Waals surface area contributed by atoms with E-state index in [1.54, 1.807) is 0 Å². The zero-order valence-corrected chi connectivity index (χ0v) is 13.8. The molecule has 2 unspecified atom stereocenters. The molecular weight excluding hydrogens is 279 g/mol. The van der Waals surface area contributed by atoms with Gasteiger partial charge in [-0.3, -0.25) is 4.90 Å². The van der Waals surface area contributed by atoms with Gasteiger partial charge in [-0.1, -0.05) is 29.8 Å². The van der Waals surface area contributed by atoms with Crippen molar-refractivity contribution < 1.29 is 0 Å². The molecule has 0 amide bonds. The van der Waals surface area contributed by atoms with Gasteiger partial charge in [0.25, 0.3) is 0 Å². The van der Waals surface area contributed by atoms with Crippen molar-refractivity contribution in [2.45, 2.75) is 32.9 Å². The van der Waals surface area contributed by atoms with Crippen molar-refractivity contribution >= 4 is 23.2 Å². The summed E-state index contributed by atoms with van der Waals surface area (Å²) in [5.74, 6) is 0.502. The van der Waals surface area contributed by atoms with Gasteiger partial charge in [0.15, 0.2) is 0 Å².